The van der Waals surface area contributed by atoms with E-state index < -0.39 is 4.92 Å². The van der Waals surface area contributed by atoms with Crippen molar-refractivity contribution in [1.29, 1.82) is 0 Å². The zero-order valence-electron chi connectivity index (χ0n) is 12.2. The molecule has 1 amide bonds. The van der Waals surface area contributed by atoms with Crippen LogP contribution in [0.25, 0.3) is 0 Å². The van der Waals surface area contributed by atoms with Crippen LogP contribution in [0.4, 0.5) is 5.69 Å². The maximum Gasteiger partial charge on any atom is 0.269 e. The molecule has 2 atom stereocenters. The third-order valence-corrected chi connectivity index (χ3v) is 3.97. The van der Waals surface area contributed by atoms with Crippen molar-refractivity contribution < 1.29 is 14.8 Å². The summed E-state index contributed by atoms with van der Waals surface area (Å²) < 4.78 is 0. The molecule has 1 saturated heterocycles. The lowest BCUT2D eigenvalue weighted by Gasteiger charge is -2.41. The quantitative estimate of drug-likeness (QED) is 0.681. The van der Waals surface area contributed by atoms with Crippen LogP contribution in [0.15, 0.2) is 24.3 Å². The van der Waals surface area contributed by atoms with E-state index in [0.29, 0.717) is 12.8 Å². The van der Waals surface area contributed by atoms with Crippen LogP contribution in [0.5, 0.6) is 0 Å². The Labute approximate surface area is 123 Å². The fourth-order valence-corrected chi connectivity index (χ4v) is 3.04. The molecule has 0 spiro atoms. The van der Waals surface area contributed by atoms with Crippen LogP contribution in [-0.2, 0) is 11.2 Å². The van der Waals surface area contributed by atoms with Crippen molar-refractivity contribution in [1.82, 2.24) is 4.90 Å². The number of hydrogen-bond donors (Lipinski definition) is 1. The summed E-state index contributed by atoms with van der Waals surface area (Å²) in [6.45, 7) is 3.87. The van der Waals surface area contributed by atoms with Crippen molar-refractivity contribution in [2.75, 3.05) is 0 Å². The van der Waals surface area contributed by atoms with Gasteiger partial charge in [-0.1, -0.05) is 12.1 Å². The van der Waals surface area contributed by atoms with Gasteiger partial charge in [-0.15, -0.1) is 0 Å². The van der Waals surface area contributed by atoms with Gasteiger partial charge in [-0.2, -0.15) is 0 Å². The van der Waals surface area contributed by atoms with Gasteiger partial charge in [-0.25, -0.2) is 0 Å². The van der Waals surface area contributed by atoms with Gasteiger partial charge in [-0.05, 0) is 32.3 Å². The first-order chi connectivity index (χ1) is 9.88. The summed E-state index contributed by atoms with van der Waals surface area (Å²) >= 11 is 0. The number of piperidine rings is 1. The summed E-state index contributed by atoms with van der Waals surface area (Å²) in [6, 6.07) is 6.07. The van der Waals surface area contributed by atoms with Crippen LogP contribution in [0.3, 0.4) is 0 Å². The number of nitro groups is 1. The second kappa shape index (κ2) is 6.22. The zero-order chi connectivity index (χ0) is 15.6. The van der Waals surface area contributed by atoms with Crippen LogP contribution < -0.4 is 0 Å². The Morgan fingerprint density at radius 3 is 2.29 bits per heavy atom. The number of nitro benzene ring substituents is 1. The smallest absolute Gasteiger partial charge is 0.269 e. The van der Waals surface area contributed by atoms with Gasteiger partial charge in [0.25, 0.3) is 5.69 Å². The highest BCUT2D eigenvalue weighted by atomic mass is 16.6. The first-order valence-corrected chi connectivity index (χ1v) is 7.11. The zero-order valence-corrected chi connectivity index (χ0v) is 12.2. The Bertz CT molecular complexity index is 517. The van der Waals surface area contributed by atoms with E-state index in [1.165, 1.54) is 12.1 Å². The Morgan fingerprint density at radius 2 is 1.81 bits per heavy atom. The summed E-state index contributed by atoms with van der Waals surface area (Å²) in [5.41, 5.74) is 0.783. The maximum absolute atomic E-state index is 12.4. The second-order valence-corrected chi connectivity index (χ2v) is 5.72. The molecule has 0 radical (unpaired) electrons. The van der Waals surface area contributed by atoms with E-state index in [0.717, 1.165) is 5.56 Å². The Balaban J connectivity index is 2.05. The van der Waals surface area contributed by atoms with Gasteiger partial charge in [0.05, 0.1) is 17.4 Å². The minimum absolute atomic E-state index is 0.00393. The number of carbonyl (C=O) groups is 1. The summed E-state index contributed by atoms with van der Waals surface area (Å²) in [7, 11) is 0. The number of amides is 1. The van der Waals surface area contributed by atoms with Gasteiger partial charge in [0.1, 0.15) is 0 Å². The lowest BCUT2D eigenvalue weighted by Crippen LogP contribution is -2.51. The first kappa shape index (κ1) is 15.4. The van der Waals surface area contributed by atoms with Crippen molar-refractivity contribution >= 4 is 11.6 Å². The molecular weight excluding hydrogens is 272 g/mol. The van der Waals surface area contributed by atoms with Crippen molar-refractivity contribution in [2.24, 2.45) is 0 Å². The summed E-state index contributed by atoms with van der Waals surface area (Å²) in [5.74, 6) is -0.00393. The molecule has 114 valence electrons. The first-order valence-electron chi connectivity index (χ1n) is 7.11. The van der Waals surface area contributed by atoms with Crippen LogP contribution in [-0.4, -0.2) is 39.0 Å². The topological polar surface area (TPSA) is 83.7 Å². The van der Waals surface area contributed by atoms with E-state index in [1.54, 1.807) is 12.1 Å². The van der Waals surface area contributed by atoms with Crippen molar-refractivity contribution in [3.63, 3.8) is 0 Å². The van der Waals surface area contributed by atoms with Gasteiger partial charge >= 0.3 is 0 Å². The minimum atomic E-state index is -0.457. The highest BCUT2D eigenvalue weighted by molar-refractivity contribution is 5.79. The highest BCUT2D eigenvalue weighted by Crippen LogP contribution is 2.24. The normalized spacial score (nSPS) is 25.7. The van der Waals surface area contributed by atoms with Crippen LogP contribution >= 0.6 is 0 Å². The molecule has 21 heavy (non-hydrogen) atoms. The third kappa shape index (κ3) is 3.58. The molecule has 1 aliphatic heterocycles. The lowest BCUT2D eigenvalue weighted by molar-refractivity contribution is -0.384. The summed E-state index contributed by atoms with van der Waals surface area (Å²) in [6.07, 6.45) is 1.06. The van der Waals surface area contributed by atoms with Gasteiger partial charge in [0.15, 0.2) is 0 Å². The number of carbonyl (C=O) groups excluding carboxylic acids is 1. The molecule has 1 fully saturated rings. The molecule has 2 rings (SSSR count). The molecule has 1 aliphatic rings. The SMILES string of the molecule is C[C@H]1CC(O)C[C@H](C)N1C(=O)Cc1ccc([N+](=O)[O-])cc1. The Morgan fingerprint density at radius 1 is 1.29 bits per heavy atom. The fraction of sp³-hybridized carbons (Fsp3) is 0.533. The molecule has 1 N–H and O–H groups in total. The average Bonchev–Trinajstić information content (AvgIpc) is 2.37. The molecule has 0 saturated carbocycles. The third-order valence-electron chi connectivity index (χ3n) is 3.97. The number of benzene rings is 1. The van der Waals surface area contributed by atoms with Gasteiger partial charge in [-0.3, -0.25) is 14.9 Å². The highest BCUT2D eigenvalue weighted by Gasteiger charge is 2.32. The Kier molecular flexibility index (Phi) is 4.57. The predicted molar refractivity (Wildman–Crippen MR) is 77.8 cm³/mol. The summed E-state index contributed by atoms with van der Waals surface area (Å²) in [5, 5.41) is 20.3. The van der Waals surface area contributed by atoms with Crippen LogP contribution in [0, 0.1) is 10.1 Å². The molecular formula is C15H20N2O4. The monoisotopic (exact) mass is 292 g/mol. The number of non-ortho nitro benzene ring substituents is 1. The molecule has 0 aliphatic carbocycles. The van der Waals surface area contributed by atoms with E-state index in [4.69, 9.17) is 0 Å². The van der Waals surface area contributed by atoms with E-state index >= 15 is 0 Å². The summed E-state index contributed by atoms with van der Waals surface area (Å²) in [4.78, 5) is 24.4. The predicted octanol–water partition coefficient (Wildman–Crippen LogP) is 1.90. The van der Waals surface area contributed by atoms with Crippen molar-refractivity contribution in [3.8, 4) is 0 Å². The molecule has 0 bridgehead atoms. The molecule has 1 aromatic carbocycles. The van der Waals surface area contributed by atoms with Crippen LogP contribution in [0.2, 0.25) is 0 Å². The second-order valence-electron chi connectivity index (χ2n) is 5.72. The molecule has 1 aromatic rings. The van der Waals surface area contributed by atoms with E-state index in [2.05, 4.69) is 0 Å². The van der Waals surface area contributed by atoms with Gasteiger partial charge < -0.3 is 10.0 Å². The molecule has 0 aromatic heterocycles. The number of hydrogen-bond acceptors (Lipinski definition) is 4. The van der Waals surface area contributed by atoms with E-state index in [-0.39, 0.29) is 36.2 Å². The standard InChI is InChI=1S/C15H20N2O4/c1-10-7-14(18)8-11(2)16(10)15(19)9-12-3-5-13(6-4-12)17(20)21/h3-6,10-11,14,18H,7-9H2,1-2H3/t10-,11-/m0/s1. The lowest BCUT2D eigenvalue weighted by atomic mass is 9.94. The number of nitrogens with zero attached hydrogens (tertiary/aromatic N) is 2. The van der Waals surface area contributed by atoms with Crippen LogP contribution in [0.1, 0.15) is 32.3 Å². The molecule has 6 heteroatoms. The largest absolute Gasteiger partial charge is 0.393 e. The average molecular weight is 292 g/mol. The van der Waals surface area contributed by atoms with E-state index in [1.807, 2.05) is 18.7 Å². The van der Waals surface area contributed by atoms with E-state index in [9.17, 15) is 20.0 Å². The maximum atomic E-state index is 12.4. The fourth-order valence-electron chi connectivity index (χ4n) is 3.04. The van der Waals surface area contributed by atoms with Crippen molar-refractivity contribution in [2.45, 2.75) is 51.3 Å². The Hall–Kier alpha value is -1.95. The molecule has 1 heterocycles. The number of aliphatic hydroxyl groups excluding tert-OH is 1. The molecule has 6 nitrogen and oxygen atoms in total. The van der Waals surface area contributed by atoms with Gasteiger partial charge in [0.2, 0.25) is 5.91 Å². The minimum Gasteiger partial charge on any atom is -0.393 e. The van der Waals surface area contributed by atoms with Crippen molar-refractivity contribution in [3.05, 3.63) is 39.9 Å². The van der Waals surface area contributed by atoms with Gasteiger partial charge in [0, 0.05) is 24.2 Å². The number of likely N-dealkylation sites (tertiary alicyclic amines) is 1. The number of aliphatic hydroxyl groups is 1. The number of rotatable bonds is 3. The molecule has 0 unspecified atom stereocenters.